The number of sulfone groups is 1. The molecule has 0 amide bonds. The summed E-state index contributed by atoms with van der Waals surface area (Å²) in [5.74, 6) is -0.645. The Morgan fingerprint density at radius 2 is 1.89 bits per heavy atom. The molecule has 1 aliphatic rings. The van der Waals surface area contributed by atoms with Crippen LogP contribution in [0, 0.1) is 6.92 Å². The molecule has 12 heteroatoms. The Labute approximate surface area is 153 Å². The highest BCUT2D eigenvalue weighted by molar-refractivity contribution is 7.91. The van der Waals surface area contributed by atoms with Crippen molar-refractivity contribution in [3.63, 3.8) is 0 Å². The number of alkyl halides is 3. The highest BCUT2D eigenvalue weighted by atomic mass is 32.2. The zero-order valence-electron chi connectivity index (χ0n) is 14.7. The van der Waals surface area contributed by atoms with Crippen molar-refractivity contribution in [2.75, 3.05) is 29.6 Å². The number of nitrogens with two attached hydrogens (primary N) is 1. The fraction of sp³-hybridized carbons (Fsp3) is 0.533. The Morgan fingerprint density at radius 3 is 2.44 bits per heavy atom. The molecule has 1 fully saturated rings. The van der Waals surface area contributed by atoms with Gasteiger partial charge in [-0.15, -0.1) is 0 Å². The van der Waals surface area contributed by atoms with Crippen LogP contribution in [-0.2, 0) is 16.0 Å². The van der Waals surface area contributed by atoms with Gasteiger partial charge in [0.05, 0.1) is 28.9 Å². The van der Waals surface area contributed by atoms with Gasteiger partial charge in [-0.25, -0.2) is 13.4 Å². The highest BCUT2D eigenvalue weighted by Crippen LogP contribution is 2.41. The van der Waals surface area contributed by atoms with E-state index in [0.717, 1.165) is 0 Å². The summed E-state index contributed by atoms with van der Waals surface area (Å²) in [4.78, 5) is 7.45. The maximum atomic E-state index is 13.6. The van der Waals surface area contributed by atoms with Crippen molar-refractivity contribution in [2.45, 2.75) is 32.0 Å². The molecule has 0 aromatic carbocycles. The van der Waals surface area contributed by atoms with Crippen molar-refractivity contribution in [2.24, 2.45) is 0 Å². The van der Waals surface area contributed by atoms with Crippen LogP contribution < -0.4 is 11.1 Å². The first-order valence-corrected chi connectivity index (χ1v) is 10.0. The summed E-state index contributed by atoms with van der Waals surface area (Å²) in [6.07, 6.45) is -2.51. The van der Waals surface area contributed by atoms with E-state index in [1.807, 2.05) is 0 Å². The van der Waals surface area contributed by atoms with Crippen LogP contribution in [0.4, 0.5) is 24.9 Å². The number of halogens is 3. The van der Waals surface area contributed by atoms with Crippen LogP contribution in [0.1, 0.15) is 30.1 Å². The van der Waals surface area contributed by atoms with Crippen LogP contribution >= 0.6 is 0 Å². The van der Waals surface area contributed by atoms with E-state index in [4.69, 9.17) is 5.73 Å². The largest absolute Gasteiger partial charge is 0.422 e. The van der Waals surface area contributed by atoms with E-state index in [9.17, 15) is 21.6 Å². The molecule has 0 aliphatic carbocycles. The molecule has 1 saturated heterocycles. The van der Waals surface area contributed by atoms with Crippen molar-refractivity contribution in [3.8, 4) is 11.3 Å². The fourth-order valence-electron chi connectivity index (χ4n) is 3.17. The molecule has 1 aliphatic heterocycles. The van der Waals surface area contributed by atoms with Gasteiger partial charge in [-0.05, 0) is 19.8 Å². The molecular formula is C15H19F3N6O2S. The van der Waals surface area contributed by atoms with Gasteiger partial charge in [0.2, 0.25) is 5.95 Å². The van der Waals surface area contributed by atoms with Gasteiger partial charge in [0.15, 0.2) is 0 Å². The van der Waals surface area contributed by atoms with Crippen molar-refractivity contribution < 1.29 is 21.6 Å². The van der Waals surface area contributed by atoms with E-state index >= 15 is 0 Å². The number of hydrogen-bond donors (Lipinski definition) is 2. The van der Waals surface area contributed by atoms with Gasteiger partial charge in [0.1, 0.15) is 21.2 Å². The third-order valence-electron chi connectivity index (χ3n) is 4.52. The lowest BCUT2D eigenvalue weighted by Crippen LogP contribution is -2.25. The molecule has 0 unspecified atom stereocenters. The van der Waals surface area contributed by atoms with Crippen LogP contribution in [0.2, 0.25) is 0 Å². The maximum Gasteiger partial charge on any atom is 0.422 e. The first-order valence-electron chi connectivity index (χ1n) is 8.21. The molecule has 27 heavy (non-hydrogen) atoms. The minimum atomic E-state index is -4.70. The summed E-state index contributed by atoms with van der Waals surface area (Å²) < 4.78 is 65.6. The van der Waals surface area contributed by atoms with E-state index in [-0.39, 0.29) is 34.8 Å². The van der Waals surface area contributed by atoms with E-state index in [1.165, 1.54) is 17.9 Å². The molecule has 2 aromatic heterocycles. The minimum Gasteiger partial charge on any atom is -0.372 e. The SMILES string of the molecule is CNc1nc(N)nc(-c2cn(C3CCS(=O)(=O)CC3)nc2C)c1C(F)(F)F. The number of nitrogens with one attached hydrogen (secondary N) is 1. The summed E-state index contributed by atoms with van der Waals surface area (Å²) in [7, 11) is -1.74. The number of nitrogens with zero attached hydrogens (tertiary/aromatic N) is 4. The van der Waals surface area contributed by atoms with Crippen molar-refractivity contribution in [1.29, 1.82) is 0 Å². The Morgan fingerprint density at radius 1 is 1.26 bits per heavy atom. The Bertz CT molecular complexity index is 957. The number of aromatic nitrogens is 4. The topological polar surface area (TPSA) is 116 Å². The van der Waals surface area contributed by atoms with E-state index in [0.29, 0.717) is 18.5 Å². The normalized spacial score (nSPS) is 17.8. The second kappa shape index (κ2) is 6.66. The standard InChI is InChI=1S/C15H19F3N6O2S/c1-8-10(7-24(23-8)9-3-5-27(25,26)6-4-9)12-11(15(16,17)18)13(20-2)22-14(19)21-12/h7,9H,3-6H2,1-2H3,(H3,19,20,21,22). The average molecular weight is 404 g/mol. The molecule has 8 nitrogen and oxygen atoms in total. The first-order chi connectivity index (χ1) is 12.5. The number of nitrogen functional groups attached to an aromatic ring is 1. The van der Waals surface area contributed by atoms with Gasteiger partial charge in [0, 0.05) is 18.8 Å². The highest BCUT2D eigenvalue weighted by Gasteiger charge is 2.39. The number of hydrogen-bond acceptors (Lipinski definition) is 7. The molecule has 148 valence electrons. The van der Waals surface area contributed by atoms with Crippen LogP contribution in [0.25, 0.3) is 11.3 Å². The number of aryl methyl sites for hydroxylation is 1. The summed E-state index contributed by atoms with van der Waals surface area (Å²) >= 11 is 0. The lowest BCUT2D eigenvalue weighted by molar-refractivity contribution is -0.136. The smallest absolute Gasteiger partial charge is 0.372 e. The second-order valence-corrected chi connectivity index (χ2v) is 8.70. The van der Waals surface area contributed by atoms with Gasteiger partial charge in [0.25, 0.3) is 0 Å². The fourth-order valence-corrected chi connectivity index (χ4v) is 4.63. The number of anilines is 2. The Balaban J connectivity index is 2.08. The van der Waals surface area contributed by atoms with E-state index < -0.39 is 27.4 Å². The molecule has 3 heterocycles. The summed E-state index contributed by atoms with van der Waals surface area (Å²) in [5.41, 5.74) is 4.74. The molecule has 0 bridgehead atoms. The van der Waals surface area contributed by atoms with E-state index in [1.54, 1.807) is 6.92 Å². The van der Waals surface area contributed by atoms with Crippen molar-refractivity contribution >= 4 is 21.6 Å². The predicted molar refractivity (Wildman–Crippen MR) is 93.9 cm³/mol. The molecule has 0 radical (unpaired) electrons. The van der Waals surface area contributed by atoms with E-state index in [2.05, 4.69) is 20.4 Å². The molecule has 3 rings (SSSR count). The monoisotopic (exact) mass is 404 g/mol. The Kier molecular flexibility index (Phi) is 4.78. The third-order valence-corrected chi connectivity index (χ3v) is 6.23. The van der Waals surface area contributed by atoms with Crippen molar-refractivity contribution in [1.82, 2.24) is 19.7 Å². The van der Waals surface area contributed by atoms with Gasteiger partial charge in [-0.2, -0.15) is 23.3 Å². The van der Waals surface area contributed by atoms with Crippen LogP contribution in [0.5, 0.6) is 0 Å². The molecule has 2 aromatic rings. The molecule has 3 N–H and O–H groups in total. The molecule has 0 spiro atoms. The first kappa shape index (κ1) is 19.4. The van der Waals surface area contributed by atoms with Crippen LogP contribution in [0.15, 0.2) is 6.20 Å². The number of rotatable bonds is 3. The predicted octanol–water partition coefficient (Wildman–Crippen LogP) is 2.04. The quantitative estimate of drug-likeness (QED) is 0.804. The molecule has 0 saturated carbocycles. The lowest BCUT2D eigenvalue weighted by atomic mass is 10.1. The summed E-state index contributed by atoms with van der Waals surface area (Å²) in [6, 6.07) is -0.196. The van der Waals surface area contributed by atoms with Gasteiger partial charge < -0.3 is 11.1 Å². The average Bonchev–Trinajstić information content (AvgIpc) is 2.94. The minimum absolute atomic E-state index is 0.0318. The van der Waals surface area contributed by atoms with Gasteiger partial charge >= 0.3 is 6.18 Å². The zero-order valence-corrected chi connectivity index (χ0v) is 15.5. The van der Waals surface area contributed by atoms with Crippen molar-refractivity contribution in [3.05, 3.63) is 17.5 Å². The van der Waals surface area contributed by atoms with Gasteiger partial charge in [-0.3, -0.25) is 4.68 Å². The second-order valence-electron chi connectivity index (χ2n) is 6.39. The van der Waals surface area contributed by atoms with Crippen LogP contribution in [0.3, 0.4) is 0 Å². The van der Waals surface area contributed by atoms with Crippen LogP contribution in [-0.4, -0.2) is 46.7 Å². The summed E-state index contributed by atoms with van der Waals surface area (Å²) in [6.45, 7) is 1.57. The summed E-state index contributed by atoms with van der Waals surface area (Å²) in [5, 5.41) is 6.71. The third kappa shape index (κ3) is 3.84. The Hall–Kier alpha value is -2.37. The molecular weight excluding hydrogens is 385 g/mol. The molecule has 0 atom stereocenters. The lowest BCUT2D eigenvalue weighted by Gasteiger charge is -2.22. The maximum absolute atomic E-state index is 13.6. The van der Waals surface area contributed by atoms with Gasteiger partial charge in [-0.1, -0.05) is 0 Å². The zero-order chi connectivity index (χ0) is 20.0.